The fourth-order valence-corrected chi connectivity index (χ4v) is 3.66. The van der Waals surface area contributed by atoms with E-state index >= 15 is 0 Å². The summed E-state index contributed by atoms with van der Waals surface area (Å²) in [5.74, 6) is 0.319. The molecule has 0 saturated carbocycles. The highest BCUT2D eigenvalue weighted by molar-refractivity contribution is 5.84. The van der Waals surface area contributed by atoms with E-state index in [-0.39, 0.29) is 17.4 Å². The smallest absolute Gasteiger partial charge is 0.310 e. The van der Waals surface area contributed by atoms with Gasteiger partial charge in [-0.1, -0.05) is 6.08 Å². The van der Waals surface area contributed by atoms with E-state index in [0.717, 1.165) is 32.4 Å². The van der Waals surface area contributed by atoms with Crippen LogP contribution in [0, 0.1) is 11.8 Å². The second kappa shape index (κ2) is 3.95. The van der Waals surface area contributed by atoms with Crippen molar-refractivity contribution >= 4 is 12.2 Å². The Labute approximate surface area is 101 Å². The summed E-state index contributed by atoms with van der Waals surface area (Å²) >= 11 is 0. The maximum Gasteiger partial charge on any atom is 0.310 e. The molecule has 0 radical (unpaired) electrons. The zero-order valence-electron chi connectivity index (χ0n) is 10.1. The Morgan fingerprint density at radius 1 is 1.65 bits per heavy atom. The summed E-state index contributed by atoms with van der Waals surface area (Å²) in [6.07, 6.45) is 7.38. The zero-order valence-corrected chi connectivity index (χ0v) is 10.1. The van der Waals surface area contributed by atoms with Gasteiger partial charge in [0, 0.05) is 19.3 Å². The predicted molar refractivity (Wildman–Crippen MR) is 65.0 cm³/mol. The molecule has 4 heteroatoms. The molecule has 3 rings (SSSR count). The first-order chi connectivity index (χ1) is 8.28. The number of nitrogens with one attached hydrogen (secondary N) is 1. The fourth-order valence-electron chi connectivity index (χ4n) is 3.66. The van der Waals surface area contributed by atoms with E-state index in [2.05, 4.69) is 16.4 Å². The van der Waals surface area contributed by atoms with Gasteiger partial charge in [-0.2, -0.15) is 0 Å². The highest BCUT2D eigenvalue weighted by Gasteiger charge is 2.53. The van der Waals surface area contributed by atoms with Gasteiger partial charge < -0.3 is 10.1 Å². The highest BCUT2D eigenvalue weighted by Crippen LogP contribution is 2.46. The van der Waals surface area contributed by atoms with Crippen LogP contribution < -0.4 is 5.32 Å². The van der Waals surface area contributed by atoms with Gasteiger partial charge in [0.15, 0.2) is 0 Å². The Balaban J connectivity index is 1.95. The maximum absolute atomic E-state index is 11.8. The SMILES string of the molecule is COC(=O)C1CNC23CCN=CC2=CCCC13. The molecule has 0 aromatic heterocycles. The van der Waals surface area contributed by atoms with Crippen LogP contribution in [0.1, 0.15) is 19.3 Å². The molecule has 1 spiro atoms. The van der Waals surface area contributed by atoms with Gasteiger partial charge >= 0.3 is 5.97 Å². The molecule has 3 aliphatic rings. The molecule has 1 N–H and O–H groups in total. The topological polar surface area (TPSA) is 50.7 Å². The lowest BCUT2D eigenvalue weighted by Crippen LogP contribution is -2.51. The summed E-state index contributed by atoms with van der Waals surface area (Å²) in [5.41, 5.74) is 1.28. The van der Waals surface area contributed by atoms with E-state index < -0.39 is 0 Å². The van der Waals surface area contributed by atoms with E-state index in [1.54, 1.807) is 0 Å². The van der Waals surface area contributed by atoms with Crippen LogP contribution in [0.4, 0.5) is 0 Å². The van der Waals surface area contributed by atoms with Crippen LogP contribution >= 0.6 is 0 Å². The summed E-state index contributed by atoms with van der Waals surface area (Å²) in [7, 11) is 1.48. The third-order valence-electron chi connectivity index (χ3n) is 4.48. The molecule has 0 amide bonds. The summed E-state index contributed by atoms with van der Waals surface area (Å²) in [6.45, 7) is 1.59. The standard InChI is InChI=1S/C13H18N2O2/c1-17-12(16)10-8-15-13-5-6-14-7-9(13)3-2-4-11(10)13/h3,7,10-11,15H,2,4-6,8H2,1H3. The van der Waals surface area contributed by atoms with Crippen LogP contribution in [0.5, 0.6) is 0 Å². The summed E-state index contributed by atoms with van der Waals surface area (Å²) < 4.78 is 4.93. The number of allylic oxidation sites excluding steroid dienone is 1. The molecule has 4 nitrogen and oxygen atoms in total. The molecule has 17 heavy (non-hydrogen) atoms. The van der Waals surface area contributed by atoms with E-state index in [1.807, 2.05) is 6.21 Å². The number of ether oxygens (including phenoxy) is 1. The minimum Gasteiger partial charge on any atom is -0.469 e. The van der Waals surface area contributed by atoms with Crippen LogP contribution in [0.25, 0.3) is 0 Å². The largest absolute Gasteiger partial charge is 0.469 e. The molecule has 1 aliphatic carbocycles. The van der Waals surface area contributed by atoms with Gasteiger partial charge in [0.25, 0.3) is 0 Å². The summed E-state index contributed by atoms with van der Waals surface area (Å²) in [6, 6.07) is 0. The second-order valence-corrected chi connectivity index (χ2v) is 5.11. The Kier molecular flexibility index (Phi) is 2.54. The fraction of sp³-hybridized carbons (Fsp3) is 0.692. The number of carbonyl (C=O) groups excluding carboxylic acids is 1. The van der Waals surface area contributed by atoms with Crippen molar-refractivity contribution in [2.45, 2.75) is 24.8 Å². The van der Waals surface area contributed by atoms with Gasteiger partial charge in [-0.3, -0.25) is 9.79 Å². The molecule has 92 valence electrons. The Hall–Kier alpha value is -1.16. The predicted octanol–water partition coefficient (Wildman–Crippen LogP) is 0.928. The number of hydrogen-bond acceptors (Lipinski definition) is 4. The lowest BCUT2D eigenvalue weighted by molar-refractivity contribution is -0.146. The van der Waals surface area contributed by atoms with Gasteiger partial charge in [0.1, 0.15) is 0 Å². The molecule has 0 bridgehead atoms. The molecule has 0 aromatic carbocycles. The normalized spacial score (nSPS) is 39.2. The Morgan fingerprint density at radius 2 is 2.53 bits per heavy atom. The number of esters is 1. The van der Waals surface area contributed by atoms with Crippen LogP contribution in [0.15, 0.2) is 16.6 Å². The third kappa shape index (κ3) is 1.47. The van der Waals surface area contributed by atoms with Gasteiger partial charge in [-0.05, 0) is 30.8 Å². The number of nitrogens with zero attached hydrogens (tertiary/aromatic N) is 1. The van der Waals surface area contributed by atoms with Gasteiger partial charge in [-0.25, -0.2) is 0 Å². The molecule has 2 heterocycles. The molecule has 0 aromatic rings. The molecule has 1 fully saturated rings. The van der Waals surface area contributed by atoms with Gasteiger partial charge in [0.05, 0.1) is 18.6 Å². The average molecular weight is 234 g/mol. The molecule has 2 aliphatic heterocycles. The lowest BCUT2D eigenvalue weighted by atomic mass is 9.67. The first-order valence-corrected chi connectivity index (χ1v) is 6.31. The first kappa shape index (κ1) is 11.0. The van der Waals surface area contributed by atoms with E-state index in [4.69, 9.17) is 4.74 Å². The molecular weight excluding hydrogens is 216 g/mol. The summed E-state index contributed by atoms with van der Waals surface area (Å²) in [5, 5.41) is 3.58. The Morgan fingerprint density at radius 3 is 3.35 bits per heavy atom. The molecular formula is C13H18N2O2. The van der Waals surface area contributed by atoms with Crippen molar-refractivity contribution in [1.82, 2.24) is 5.32 Å². The van der Waals surface area contributed by atoms with Crippen molar-refractivity contribution in [3.8, 4) is 0 Å². The van der Waals surface area contributed by atoms with Gasteiger partial charge in [-0.15, -0.1) is 0 Å². The van der Waals surface area contributed by atoms with Crippen molar-refractivity contribution in [1.29, 1.82) is 0 Å². The minimum atomic E-state index is -0.0665. The monoisotopic (exact) mass is 234 g/mol. The number of aliphatic imine (C=N–C) groups is 1. The molecule has 3 atom stereocenters. The third-order valence-corrected chi connectivity index (χ3v) is 4.48. The van der Waals surface area contributed by atoms with Crippen LogP contribution in [-0.4, -0.2) is 37.9 Å². The second-order valence-electron chi connectivity index (χ2n) is 5.11. The van der Waals surface area contributed by atoms with Crippen molar-refractivity contribution in [2.24, 2.45) is 16.8 Å². The van der Waals surface area contributed by atoms with Crippen molar-refractivity contribution in [2.75, 3.05) is 20.2 Å². The van der Waals surface area contributed by atoms with Gasteiger partial charge in [0.2, 0.25) is 0 Å². The number of methoxy groups -OCH3 is 1. The number of carbonyl (C=O) groups is 1. The molecule has 1 saturated heterocycles. The van der Waals surface area contributed by atoms with Crippen LogP contribution in [0.3, 0.4) is 0 Å². The van der Waals surface area contributed by atoms with E-state index in [1.165, 1.54) is 12.7 Å². The summed E-state index contributed by atoms with van der Waals surface area (Å²) in [4.78, 5) is 16.2. The Bertz CT molecular complexity index is 402. The zero-order chi connectivity index (χ0) is 11.9. The number of hydrogen-bond donors (Lipinski definition) is 1. The van der Waals surface area contributed by atoms with Crippen LogP contribution in [0.2, 0.25) is 0 Å². The van der Waals surface area contributed by atoms with E-state index in [0.29, 0.717) is 5.92 Å². The first-order valence-electron chi connectivity index (χ1n) is 6.31. The maximum atomic E-state index is 11.8. The van der Waals surface area contributed by atoms with Crippen molar-refractivity contribution in [3.05, 3.63) is 11.6 Å². The van der Waals surface area contributed by atoms with E-state index in [9.17, 15) is 4.79 Å². The minimum absolute atomic E-state index is 0.00113. The van der Waals surface area contributed by atoms with Crippen molar-refractivity contribution in [3.63, 3.8) is 0 Å². The van der Waals surface area contributed by atoms with Crippen LogP contribution in [-0.2, 0) is 9.53 Å². The lowest BCUT2D eigenvalue weighted by Gasteiger charge is -2.42. The number of rotatable bonds is 1. The highest BCUT2D eigenvalue weighted by atomic mass is 16.5. The molecule has 3 unspecified atom stereocenters. The van der Waals surface area contributed by atoms with Crippen molar-refractivity contribution < 1.29 is 9.53 Å². The average Bonchev–Trinajstić information content (AvgIpc) is 2.75. The quantitative estimate of drug-likeness (QED) is 0.687.